The summed E-state index contributed by atoms with van der Waals surface area (Å²) in [4.78, 5) is 40.8. The lowest BCUT2D eigenvalue weighted by atomic mass is 10.1. The first-order valence-corrected chi connectivity index (χ1v) is 8.78. The van der Waals surface area contributed by atoms with E-state index < -0.39 is 29.3 Å². The van der Waals surface area contributed by atoms with Gasteiger partial charge in [-0.3, -0.25) is 9.63 Å². The van der Waals surface area contributed by atoms with E-state index in [0.29, 0.717) is 0 Å². The predicted molar refractivity (Wildman–Crippen MR) is 99.4 cm³/mol. The summed E-state index contributed by atoms with van der Waals surface area (Å²) in [5.74, 6) is -0.946. The molecule has 0 saturated carbocycles. The van der Waals surface area contributed by atoms with Gasteiger partial charge in [-0.05, 0) is 48.0 Å². The second kappa shape index (κ2) is 11.7. The van der Waals surface area contributed by atoms with E-state index in [2.05, 4.69) is 5.32 Å². The first-order valence-electron chi connectivity index (χ1n) is 8.78. The van der Waals surface area contributed by atoms with Gasteiger partial charge in [-0.2, -0.15) is 0 Å². The Morgan fingerprint density at radius 1 is 0.962 bits per heavy atom. The smallest absolute Gasteiger partial charge is 0.408 e. The molecule has 154 valence electrons. The van der Waals surface area contributed by atoms with Crippen LogP contribution in [-0.2, 0) is 23.9 Å². The standard InChI is InChI=1S/C16H30N2O6.C2H6/c1-15(2,3)23-13(20)11(9-10-12(19)18(7)22-8)17-14(21)24-16(4,5)6;1-2/h11H,9-10H2,1-8H3,(H,17,21);1-2H3/t11-;/m0./s1. The van der Waals surface area contributed by atoms with Gasteiger partial charge in [-0.25, -0.2) is 14.7 Å². The van der Waals surface area contributed by atoms with Crippen LogP contribution in [0.4, 0.5) is 4.79 Å². The van der Waals surface area contributed by atoms with Gasteiger partial charge in [0, 0.05) is 13.5 Å². The van der Waals surface area contributed by atoms with E-state index in [0.717, 1.165) is 5.06 Å². The highest BCUT2D eigenvalue weighted by molar-refractivity contribution is 5.83. The summed E-state index contributed by atoms with van der Waals surface area (Å²) >= 11 is 0. The summed E-state index contributed by atoms with van der Waals surface area (Å²) in [6.07, 6.45) is -0.670. The van der Waals surface area contributed by atoms with Gasteiger partial charge in [-0.15, -0.1) is 0 Å². The van der Waals surface area contributed by atoms with Crippen LogP contribution in [0.1, 0.15) is 68.2 Å². The fourth-order valence-corrected chi connectivity index (χ4v) is 1.60. The average Bonchev–Trinajstić information content (AvgIpc) is 2.48. The van der Waals surface area contributed by atoms with Crippen molar-refractivity contribution in [2.24, 2.45) is 0 Å². The molecular weight excluding hydrogens is 340 g/mol. The molecule has 26 heavy (non-hydrogen) atoms. The Labute approximate surface area is 157 Å². The predicted octanol–water partition coefficient (Wildman–Crippen LogP) is 3.05. The Hall–Kier alpha value is -1.83. The van der Waals surface area contributed by atoms with Gasteiger partial charge in [0.1, 0.15) is 17.2 Å². The van der Waals surface area contributed by atoms with E-state index in [1.165, 1.54) is 14.2 Å². The van der Waals surface area contributed by atoms with Crippen molar-refractivity contribution < 1.29 is 28.7 Å². The van der Waals surface area contributed by atoms with Crippen LogP contribution in [0.25, 0.3) is 0 Å². The van der Waals surface area contributed by atoms with Crippen molar-refractivity contribution in [2.75, 3.05) is 14.2 Å². The van der Waals surface area contributed by atoms with Crippen LogP contribution in [0.3, 0.4) is 0 Å². The minimum atomic E-state index is -0.992. The first kappa shape index (κ1) is 26.4. The summed E-state index contributed by atoms with van der Waals surface area (Å²) in [5, 5.41) is 3.52. The highest BCUT2D eigenvalue weighted by Crippen LogP contribution is 2.13. The van der Waals surface area contributed by atoms with Crippen molar-refractivity contribution in [3.63, 3.8) is 0 Å². The molecule has 0 bridgehead atoms. The highest BCUT2D eigenvalue weighted by Gasteiger charge is 2.29. The van der Waals surface area contributed by atoms with Crippen molar-refractivity contribution in [1.29, 1.82) is 0 Å². The first-order chi connectivity index (χ1) is 11.7. The number of hydroxylamine groups is 2. The minimum Gasteiger partial charge on any atom is -0.458 e. The molecule has 0 radical (unpaired) electrons. The number of alkyl carbamates (subject to hydrolysis) is 1. The number of esters is 1. The van der Waals surface area contributed by atoms with Crippen LogP contribution in [0.15, 0.2) is 0 Å². The highest BCUT2D eigenvalue weighted by atomic mass is 16.7. The van der Waals surface area contributed by atoms with E-state index in [9.17, 15) is 14.4 Å². The maximum Gasteiger partial charge on any atom is 0.408 e. The lowest BCUT2D eigenvalue weighted by Gasteiger charge is -2.26. The second-order valence-corrected chi connectivity index (χ2v) is 7.34. The number of carbonyl (C=O) groups excluding carboxylic acids is 3. The SMILES string of the molecule is CC.CON(C)C(=O)CC[C@H](NC(=O)OC(C)(C)C)C(=O)OC(C)(C)C. The van der Waals surface area contributed by atoms with Gasteiger partial charge in [0.25, 0.3) is 0 Å². The molecule has 2 amide bonds. The van der Waals surface area contributed by atoms with E-state index in [1.807, 2.05) is 13.8 Å². The summed E-state index contributed by atoms with van der Waals surface area (Å²) in [6.45, 7) is 14.3. The molecule has 8 nitrogen and oxygen atoms in total. The average molecular weight is 376 g/mol. The molecule has 0 unspecified atom stereocenters. The normalized spacial score (nSPS) is 12.2. The van der Waals surface area contributed by atoms with E-state index >= 15 is 0 Å². The van der Waals surface area contributed by atoms with Crippen LogP contribution in [0, 0.1) is 0 Å². The third-order valence-electron chi connectivity index (χ3n) is 2.65. The minimum absolute atomic E-state index is 0.00402. The molecule has 0 heterocycles. The largest absolute Gasteiger partial charge is 0.458 e. The van der Waals surface area contributed by atoms with Crippen LogP contribution < -0.4 is 5.32 Å². The quantitative estimate of drug-likeness (QED) is 0.565. The zero-order chi connectivity index (χ0) is 21.1. The number of rotatable bonds is 6. The molecule has 0 aliphatic carbocycles. The third kappa shape index (κ3) is 13.5. The molecule has 1 atom stereocenters. The molecule has 0 fully saturated rings. The van der Waals surface area contributed by atoms with Gasteiger partial charge in [0.15, 0.2) is 0 Å². The zero-order valence-electron chi connectivity index (χ0n) is 17.9. The molecular formula is C18H36N2O6. The summed E-state index contributed by atoms with van der Waals surface area (Å²) < 4.78 is 10.4. The molecule has 0 aliphatic heterocycles. The zero-order valence-corrected chi connectivity index (χ0v) is 17.9. The fraction of sp³-hybridized carbons (Fsp3) is 0.833. The van der Waals surface area contributed by atoms with Crippen LogP contribution in [-0.4, -0.2) is 54.4 Å². The Balaban J connectivity index is 0. The van der Waals surface area contributed by atoms with Gasteiger partial charge in [0.05, 0.1) is 7.11 Å². The molecule has 0 spiro atoms. The molecule has 0 rings (SSSR count). The van der Waals surface area contributed by atoms with Crippen molar-refractivity contribution in [2.45, 2.75) is 85.5 Å². The molecule has 0 aromatic carbocycles. The Morgan fingerprint density at radius 3 is 1.81 bits per heavy atom. The molecule has 8 heteroatoms. The van der Waals surface area contributed by atoms with Gasteiger partial charge < -0.3 is 14.8 Å². The van der Waals surface area contributed by atoms with E-state index in [-0.39, 0.29) is 18.7 Å². The van der Waals surface area contributed by atoms with Crippen LogP contribution in [0.5, 0.6) is 0 Å². The second-order valence-electron chi connectivity index (χ2n) is 7.34. The Morgan fingerprint density at radius 2 is 1.42 bits per heavy atom. The maximum absolute atomic E-state index is 12.3. The Bertz CT molecular complexity index is 452. The topological polar surface area (TPSA) is 94.2 Å². The Kier molecular flexibility index (Phi) is 11.9. The van der Waals surface area contributed by atoms with E-state index in [1.54, 1.807) is 41.5 Å². The number of ether oxygens (including phenoxy) is 2. The molecule has 0 aromatic rings. The molecule has 0 aliphatic rings. The third-order valence-corrected chi connectivity index (χ3v) is 2.65. The molecule has 1 N–H and O–H groups in total. The van der Waals surface area contributed by atoms with Crippen LogP contribution in [0.2, 0.25) is 0 Å². The van der Waals surface area contributed by atoms with Gasteiger partial charge in [0.2, 0.25) is 5.91 Å². The number of nitrogens with one attached hydrogen (secondary N) is 1. The molecule has 0 aromatic heterocycles. The monoisotopic (exact) mass is 376 g/mol. The van der Waals surface area contributed by atoms with E-state index in [4.69, 9.17) is 14.3 Å². The van der Waals surface area contributed by atoms with Crippen molar-refractivity contribution in [1.82, 2.24) is 10.4 Å². The summed E-state index contributed by atoms with van der Waals surface area (Å²) in [7, 11) is 2.83. The molecule has 0 saturated heterocycles. The number of amides is 2. The van der Waals surface area contributed by atoms with Gasteiger partial charge in [-0.1, -0.05) is 13.8 Å². The number of hydrogen-bond donors (Lipinski definition) is 1. The van der Waals surface area contributed by atoms with Gasteiger partial charge >= 0.3 is 12.1 Å². The number of nitrogens with zero attached hydrogens (tertiary/aromatic N) is 1. The summed E-state index contributed by atoms with van der Waals surface area (Å²) in [5.41, 5.74) is -1.41. The lowest BCUT2D eigenvalue weighted by molar-refractivity contribution is -0.169. The van der Waals surface area contributed by atoms with Crippen molar-refractivity contribution in [3.8, 4) is 0 Å². The summed E-state index contributed by atoms with van der Waals surface area (Å²) in [6, 6.07) is -0.992. The lowest BCUT2D eigenvalue weighted by Crippen LogP contribution is -2.46. The van der Waals surface area contributed by atoms with Crippen LogP contribution >= 0.6 is 0 Å². The fourth-order valence-electron chi connectivity index (χ4n) is 1.60. The maximum atomic E-state index is 12.3. The number of hydrogen-bond acceptors (Lipinski definition) is 6. The van der Waals surface area contributed by atoms with Crippen molar-refractivity contribution in [3.05, 3.63) is 0 Å². The number of carbonyl (C=O) groups is 3. The van der Waals surface area contributed by atoms with Crippen molar-refractivity contribution >= 4 is 18.0 Å².